The molecule has 0 aliphatic heterocycles. The zero-order valence-corrected chi connectivity index (χ0v) is 21.5. The van der Waals surface area contributed by atoms with Crippen LogP contribution in [0, 0.1) is 18.3 Å². The van der Waals surface area contributed by atoms with Gasteiger partial charge in [0.25, 0.3) is 5.91 Å². The average Bonchev–Trinajstić information content (AvgIpc) is 3.29. The van der Waals surface area contributed by atoms with Crippen molar-refractivity contribution >= 4 is 5.91 Å². The van der Waals surface area contributed by atoms with Crippen LogP contribution in [0.4, 0.5) is 0 Å². The van der Waals surface area contributed by atoms with Gasteiger partial charge < -0.3 is 9.32 Å². The molecule has 1 aliphatic rings. The largest absolute Gasteiger partial charge is 0.456 e. The Hall–Kier alpha value is -3.39. The Morgan fingerprint density at radius 3 is 2.49 bits per heavy atom. The van der Waals surface area contributed by atoms with Crippen molar-refractivity contribution in [3.63, 3.8) is 0 Å². The molecule has 0 fully saturated rings. The Morgan fingerprint density at radius 1 is 1.11 bits per heavy atom. The van der Waals surface area contributed by atoms with Crippen LogP contribution in [-0.4, -0.2) is 22.3 Å². The first kappa shape index (κ1) is 24.7. The van der Waals surface area contributed by atoms with Gasteiger partial charge in [-0.2, -0.15) is 5.26 Å². The number of rotatable bonds is 7. The zero-order chi connectivity index (χ0) is 25.2. The van der Waals surface area contributed by atoms with Crippen LogP contribution < -0.4 is 0 Å². The van der Waals surface area contributed by atoms with E-state index in [4.69, 9.17) is 9.68 Å². The fourth-order valence-corrected chi connectivity index (χ4v) is 5.04. The summed E-state index contributed by atoms with van der Waals surface area (Å²) in [4.78, 5) is 19.0. The van der Waals surface area contributed by atoms with Gasteiger partial charge in [-0.25, -0.2) is 0 Å². The van der Waals surface area contributed by atoms with Gasteiger partial charge >= 0.3 is 0 Å². The Morgan fingerprint density at radius 2 is 1.83 bits per heavy atom. The molecule has 2 heterocycles. The SMILES string of the molecule is Cc1cc2c(cc1Cc1ccc(C(=O)N(CCC#N)Cc3cccnc3)o1)C(C)(C)CCC2(C)C. The summed E-state index contributed by atoms with van der Waals surface area (Å²) >= 11 is 0. The van der Waals surface area contributed by atoms with E-state index in [-0.39, 0.29) is 23.2 Å². The first-order valence-corrected chi connectivity index (χ1v) is 12.4. The number of carbonyl (C=O) groups excluding carboxylic acids is 1. The van der Waals surface area contributed by atoms with E-state index in [0.29, 0.717) is 25.3 Å². The Balaban J connectivity index is 1.57. The third kappa shape index (κ3) is 5.32. The molecule has 0 bridgehead atoms. The van der Waals surface area contributed by atoms with Crippen LogP contribution >= 0.6 is 0 Å². The van der Waals surface area contributed by atoms with Crippen LogP contribution in [-0.2, 0) is 23.8 Å². The Bertz CT molecular complexity index is 1250. The van der Waals surface area contributed by atoms with Crippen LogP contribution in [0.15, 0.2) is 53.2 Å². The highest BCUT2D eigenvalue weighted by Crippen LogP contribution is 2.46. The number of pyridine rings is 1. The standard InChI is InChI=1S/C30H35N3O2/c1-21-16-25-26(30(4,5)12-11-29(25,2)3)18-23(21)17-24-9-10-27(35-24)28(34)33(15-7-13-31)20-22-8-6-14-32-19-22/h6,8-10,14,16,18-19H,7,11-12,15,17,20H2,1-5H3. The van der Waals surface area contributed by atoms with Crippen molar-refractivity contribution < 1.29 is 9.21 Å². The van der Waals surface area contributed by atoms with Gasteiger partial charge in [-0.15, -0.1) is 0 Å². The summed E-state index contributed by atoms with van der Waals surface area (Å²) in [5.74, 6) is 0.866. The van der Waals surface area contributed by atoms with E-state index in [0.717, 1.165) is 11.3 Å². The number of amides is 1. The lowest BCUT2D eigenvalue weighted by Crippen LogP contribution is -2.34. The molecule has 0 saturated heterocycles. The molecule has 0 radical (unpaired) electrons. The van der Waals surface area contributed by atoms with Crippen molar-refractivity contribution in [1.82, 2.24) is 9.88 Å². The predicted molar refractivity (Wildman–Crippen MR) is 137 cm³/mol. The van der Waals surface area contributed by atoms with Crippen LogP contribution in [0.25, 0.3) is 0 Å². The van der Waals surface area contributed by atoms with Crippen molar-refractivity contribution in [2.24, 2.45) is 0 Å². The summed E-state index contributed by atoms with van der Waals surface area (Å²) < 4.78 is 6.05. The number of benzene rings is 1. The summed E-state index contributed by atoms with van der Waals surface area (Å²) in [5, 5.41) is 9.06. The van der Waals surface area contributed by atoms with Crippen molar-refractivity contribution in [3.05, 3.63) is 88.1 Å². The number of furan rings is 1. The minimum absolute atomic E-state index is 0.144. The van der Waals surface area contributed by atoms with Crippen LogP contribution in [0.2, 0.25) is 0 Å². The lowest BCUT2D eigenvalue weighted by molar-refractivity contribution is 0.0713. The van der Waals surface area contributed by atoms with Crippen molar-refractivity contribution in [2.75, 3.05) is 6.54 Å². The number of aryl methyl sites for hydroxylation is 1. The fraction of sp³-hybridized carbons (Fsp3) is 0.433. The third-order valence-electron chi connectivity index (χ3n) is 7.42. The molecule has 0 atom stereocenters. The van der Waals surface area contributed by atoms with Gasteiger partial charge in [-0.3, -0.25) is 9.78 Å². The molecular formula is C30H35N3O2. The molecule has 182 valence electrons. The second kappa shape index (κ2) is 9.70. The van der Waals surface area contributed by atoms with Gasteiger partial charge in [-0.05, 0) is 76.6 Å². The number of nitrogens with zero attached hydrogens (tertiary/aromatic N) is 3. The average molecular weight is 470 g/mol. The molecule has 1 aliphatic carbocycles. The number of carbonyl (C=O) groups is 1. The fourth-order valence-electron chi connectivity index (χ4n) is 5.04. The molecule has 0 N–H and O–H groups in total. The normalized spacial score (nSPS) is 15.8. The van der Waals surface area contributed by atoms with Gasteiger partial charge in [0, 0.05) is 31.9 Å². The molecule has 0 saturated carbocycles. The summed E-state index contributed by atoms with van der Waals surface area (Å²) in [6, 6.07) is 14.3. The summed E-state index contributed by atoms with van der Waals surface area (Å²) in [7, 11) is 0. The minimum atomic E-state index is -0.208. The number of hydrogen-bond acceptors (Lipinski definition) is 4. The maximum absolute atomic E-state index is 13.2. The van der Waals surface area contributed by atoms with E-state index in [1.54, 1.807) is 23.4 Å². The van der Waals surface area contributed by atoms with Crippen LogP contribution in [0.3, 0.4) is 0 Å². The molecule has 0 spiro atoms. The molecule has 1 amide bonds. The minimum Gasteiger partial charge on any atom is -0.456 e. The number of nitriles is 1. The molecule has 4 rings (SSSR count). The van der Waals surface area contributed by atoms with E-state index >= 15 is 0 Å². The van der Waals surface area contributed by atoms with Gasteiger partial charge in [0.05, 0.1) is 12.5 Å². The monoisotopic (exact) mass is 469 g/mol. The lowest BCUT2D eigenvalue weighted by Gasteiger charge is -2.42. The highest BCUT2D eigenvalue weighted by molar-refractivity contribution is 5.91. The topological polar surface area (TPSA) is 70.1 Å². The highest BCUT2D eigenvalue weighted by atomic mass is 16.4. The molecule has 3 aromatic rings. The summed E-state index contributed by atoms with van der Waals surface area (Å²) in [5.41, 5.74) is 6.61. The smallest absolute Gasteiger partial charge is 0.289 e. The Kier molecular flexibility index (Phi) is 6.85. The maximum Gasteiger partial charge on any atom is 0.289 e. The first-order chi connectivity index (χ1) is 16.6. The van der Waals surface area contributed by atoms with Gasteiger partial charge in [0.1, 0.15) is 5.76 Å². The van der Waals surface area contributed by atoms with E-state index in [1.165, 1.54) is 35.1 Å². The quantitative estimate of drug-likeness (QED) is 0.397. The van der Waals surface area contributed by atoms with Gasteiger partial charge in [0.2, 0.25) is 0 Å². The lowest BCUT2D eigenvalue weighted by atomic mass is 9.62. The van der Waals surface area contributed by atoms with Crippen LogP contribution in [0.5, 0.6) is 0 Å². The van der Waals surface area contributed by atoms with E-state index in [2.05, 4.69) is 57.8 Å². The molecule has 0 unspecified atom stereocenters. The van der Waals surface area contributed by atoms with E-state index < -0.39 is 0 Å². The number of aromatic nitrogens is 1. The Labute approximate surface area is 208 Å². The van der Waals surface area contributed by atoms with E-state index in [9.17, 15) is 4.79 Å². The second-order valence-corrected chi connectivity index (χ2v) is 11.0. The molecular weight excluding hydrogens is 434 g/mol. The molecule has 1 aromatic carbocycles. The van der Waals surface area contributed by atoms with Crippen molar-refractivity contribution in [1.29, 1.82) is 5.26 Å². The van der Waals surface area contributed by atoms with Crippen molar-refractivity contribution in [2.45, 2.75) is 77.7 Å². The molecule has 35 heavy (non-hydrogen) atoms. The molecule has 2 aromatic heterocycles. The highest BCUT2D eigenvalue weighted by Gasteiger charge is 2.37. The molecule has 5 nitrogen and oxygen atoms in total. The third-order valence-corrected chi connectivity index (χ3v) is 7.42. The van der Waals surface area contributed by atoms with Gasteiger partial charge in [-0.1, -0.05) is 45.9 Å². The van der Waals surface area contributed by atoms with Crippen LogP contribution in [0.1, 0.15) is 91.1 Å². The number of fused-ring (bicyclic) bond motifs is 1. The summed E-state index contributed by atoms with van der Waals surface area (Å²) in [6.07, 6.45) is 6.71. The first-order valence-electron chi connectivity index (χ1n) is 12.4. The predicted octanol–water partition coefficient (Wildman–Crippen LogP) is 6.48. The van der Waals surface area contributed by atoms with E-state index in [1.807, 2.05) is 18.2 Å². The number of hydrogen-bond donors (Lipinski definition) is 0. The molecule has 5 heteroatoms. The van der Waals surface area contributed by atoms with Crippen molar-refractivity contribution in [3.8, 4) is 6.07 Å². The maximum atomic E-state index is 13.2. The van der Waals surface area contributed by atoms with Gasteiger partial charge in [0.15, 0.2) is 5.76 Å². The zero-order valence-electron chi connectivity index (χ0n) is 21.5. The second-order valence-electron chi connectivity index (χ2n) is 11.0. The summed E-state index contributed by atoms with van der Waals surface area (Å²) in [6.45, 7) is 12.3.